The highest BCUT2D eigenvalue weighted by Gasteiger charge is 2.26. The lowest BCUT2D eigenvalue weighted by atomic mass is 9.97. The maximum Gasteiger partial charge on any atom is 0.260 e. The molecule has 1 aliphatic rings. The highest BCUT2D eigenvalue weighted by molar-refractivity contribution is 6.30. The van der Waals surface area contributed by atoms with Crippen LogP contribution in [-0.2, 0) is 11.2 Å². The van der Waals surface area contributed by atoms with Gasteiger partial charge in [0.1, 0.15) is 5.75 Å². The molecule has 1 saturated heterocycles. The SMILES string of the molecule is NC(=O)c1cccc(C[C@@H]2CCN(C(=O)COc3ccc(Cl)cc3)C2)c1. The zero-order valence-electron chi connectivity index (χ0n) is 14.4. The van der Waals surface area contributed by atoms with Crippen LogP contribution in [0.4, 0.5) is 0 Å². The predicted molar refractivity (Wildman–Crippen MR) is 100 cm³/mol. The molecule has 1 heterocycles. The van der Waals surface area contributed by atoms with Gasteiger partial charge in [-0.15, -0.1) is 0 Å². The summed E-state index contributed by atoms with van der Waals surface area (Å²) >= 11 is 5.83. The Balaban J connectivity index is 1.50. The van der Waals surface area contributed by atoms with Gasteiger partial charge in [-0.25, -0.2) is 0 Å². The van der Waals surface area contributed by atoms with Crippen LogP contribution in [0.1, 0.15) is 22.3 Å². The first-order valence-electron chi connectivity index (χ1n) is 8.56. The van der Waals surface area contributed by atoms with Crippen LogP contribution in [0.3, 0.4) is 0 Å². The van der Waals surface area contributed by atoms with E-state index in [-0.39, 0.29) is 12.5 Å². The number of hydrogen-bond acceptors (Lipinski definition) is 3. The van der Waals surface area contributed by atoms with Gasteiger partial charge in [0, 0.05) is 23.7 Å². The molecule has 0 radical (unpaired) electrons. The number of rotatable bonds is 6. The van der Waals surface area contributed by atoms with Crippen molar-refractivity contribution >= 4 is 23.4 Å². The Hall–Kier alpha value is -2.53. The van der Waals surface area contributed by atoms with Crippen LogP contribution in [0.2, 0.25) is 5.02 Å². The van der Waals surface area contributed by atoms with Crippen LogP contribution in [0.15, 0.2) is 48.5 Å². The number of amides is 2. The second kappa shape index (κ2) is 8.23. The van der Waals surface area contributed by atoms with Crippen LogP contribution in [-0.4, -0.2) is 36.4 Å². The number of hydrogen-bond donors (Lipinski definition) is 1. The molecule has 26 heavy (non-hydrogen) atoms. The maximum absolute atomic E-state index is 12.3. The van der Waals surface area contributed by atoms with Gasteiger partial charge in [-0.1, -0.05) is 23.7 Å². The molecule has 5 nitrogen and oxygen atoms in total. The Bertz CT molecular complexity index is 792. The van der Waals surface area contributed by atoms with Crippen molar-refractivity contribution in [3.05, 3.63) is 64.7 Å². The quantitative estimate of drug-likeness (QED) is 0.847. The van der Waals surface area contributed by atoms with Gasteiger partial charge < -0.3 is 15.4 Å². The molecule has 136 valence electrons. The fourth-order valence-corrected chi connectivity index (χ4v) is 3.30. The zero-order valence-corrected chi connectivity index (χ0v) is 15.1. The molecule has 1 fully saturated rings. The predicted octanol–water partition coefficient (Wildman–Crippen LogP) is 2.91. The summed E-state index contributed by atoms with van der Waals surface area (Å²) in [5, 5.41) is 0.631. The Morgan fingerprint density at radius 2 is 1.96 bits per heavy atom. The van der Waals surface area contributed by atoms with Crippen LogP contribution in [0.25, 0.3) is 0 Å². The van der Waals surface area contributed by atoms with Crippen molar-refractivity contribution < 1.29 is 14.3 Å². The number of halogens is 1. The second-order valence-corrected chi connectivity index (χ2v) is 6.94. The summed E-state index contributed by atoms with van der Waals surface area (Å²) in [6.45, 7) is 1.44. The van der Waals surface area contributed by atoms with E-state index in [0.717, 1.165) is 24.9 Å². The minimum absolute atomic E-state index is 0.0194. The fraction of sp³-hybridized carbons (Fsp3) is 0.300. The monoisotopic (exact) mass is 372 g/mol. The molecule has 2 amide bonds. The highest BCUT2D eigenvalue weighted by Crippen LogP contribution is 2.22. The number of ether oxygens (including phenoxy) is 1. The van der Waals surface area contributed by atoms with Gasteiger partial charge in [0.15, 0.2) is 6.61 Å². The average molecular weight is 373 g/mol. The third kappa shape index (κ3) is 4.76. The van der Waals surface area contributed by atoms with Crippen molar-refractivity contribution in [3.63, 3.8) is 0 Å². The lowest BCUT2D eigenvalue weighted by molar-refractivity contribution is -0.132. The third-order valence-corrected chi connectivity index (χ3v) is 4.80. The summed E-state index contributed by atoms with van der Waals surface area (Å²) in [7, 11) is 0. The van der Waals surface area contributed by atoms with Crippen molar-refractivity contribution in [1.29, 1.82) is 0 Å². The number of carbonyl (C=O) groups excluding carboxylic acids is 2. The average Bonchev–Trinajstić information content (AvgIpc) is 3.10. The number of likely N-dealkylation sites (tertiary alicyclic amines) is 1. The summed E-state index contributed by atoms with van der Waals surface area (Å²) < 4.78 is 5.53. The van der Waals surface area contributed by atoms with Crippen molar-refractivity contribution in [2.24, 2.45) is 11.7 Å². The van der Waals surface area contributed by atoms with E-state index in [1.807, 2.05) is 23.1 Å². The molecule has 2 aromatic carbocycles. The van der Waals surface area contributed by atoms with Gasteiger partial charge in [-0.2, -0.15) is 0 Å². The zero-order chi connectivity index (χ0) is 18.5. The second-order valence-electron chi connectivity index (χ2n) is 6.51. The fourth-order valence-electron chi connectivity index (χ4n) is 3.18. The van der Waals surface area contributed by atoms with Gasteiger partial charge in [0.25, 0.3) is 5.91 Å². The lowest BCUT2D eigenvalue weighted by Crippen LogP contribution is -2.33. The van der Waals surface area contributed by atoms with Gasteiger partial charge in [-0.3, -0.25) is 9.59 Å². The standard InChI is InChI=1S/C20H21ClN2O3/c21-17-4-6-18(7-5-17)26-13-19(24)23-9-8-15(12-23)10-14-2-1-3-16(11-14)20(22)25/h1-7,11,15H,8-10,12-13H2,(H2,22,25)/t15-/m0/s1. The topological polar surface area (TPSA) is 72.6 Å². The van der Waals surface area contributed by atoms with Crippen LogP contribution < -0.4 is 10.5 Å². The van der Waals surface area contributed by atoms with Gasteiger partial charge in [0.05, 0.1) is 0 Å². The largest absolute Gasteiger partial charge is 0.484 e. The van der Waals surface area contributed by atoms with Crippen molar-refractivity contribution in [1.82, 2.24) is 4.90 Å². The molecule has 3 rings (SSSR count). The number of nitrogens with zero attached hydrogens (tertiary/aromatic N) is 1. The third-order valence-electron chi connectivity index (χ3n) is 4.55. The number of carbonyl (C=O) groups is 2. The molecule has 0 aromatic heterocycles. The van der Waals surface area contributed by atoms with E-state index in [4.69, 9.17) is 22.1 Å². The molecule has 1 atom stereocenters. The van der Waals surface area contributed by atoms with Gasteiger partial charge >= 0.3 is 0 Å². The number of primary amides is 1. The summed E-state index contributed by atoms with van der Waals surface area (Å²) in [6.07, 6.45) is 1.76. The summed E-state index contributed by atoms with van der Waals surface area (Å²) in [6, 6.07) is 14.3. The van der Waals surface area contributed by atoms with E-state index in [1.165, 1.54) is 0 Å². The summed E-state index contributed by atoms with van der Waals surface area (Å²) in [5.74, 6) is 0.558. The minimum Gasteiger partial charge on any atom is -0.484 e. The Kier molecular flexibility index (Phi) is 5.78. The molecule has 0 spiro atoms. The molecule has 0 unspecified atom stereocenters. The van der Waals surface area contributed by atoms with Crippen molar-refractivity contribution in [2.75, 3.05) is 19.7 Å². The first-order valence-corrected chi connectivity index (χ1v) is 8.94. The first kappa shape index (κ1) is 18.3. The Labute approximate surface area is 157 Å². The number of benzene rings is 2. The normalized spacial score (nSPS) is 16.5. The van der Waals surface area contributed by atoms with E-state index in [2.05, 4.69) is 0 Å². The van der Waals surface area contributed by atoms with E-state index >= 15 is 0 Å². The smallest absolute Gasteiger partial charge is 0.260 e. The molecule has 1 aliphatic heterocycles. The van der Waals surface area contributed by atoms with E-state index < -0.39 is 5.91 Å². The van der Waals surface area contributed by atoms with Gasteiger partial charge in [0.2, 0.25) is 5.91 Å². The highest BCUT2D eigenvalue weighted by atomic mass is 35.5. The van der Waals surface area contributed by atoms with Gasteiger partial charge in [-0.05, 0) is 60.7 Å². The Morgan fingerprint density at radius 1 is 1.19 bits per heavy atom. The molecule has 2 N–H and O–H groups in total. The maximum atomic E-state index is 12.3. The summed E-state index contributed by atoms with van der Waals surface area (Å²) in [5.41, 5.74) is 6.92. The van der Waals surface area contributed by atoms with Crippen LogP contribution >= 0.6 is 11.6 Å². The number of nitrogens with two attached hydrogens (primary N) is 1. The molecular formula is C20H21ClN2O3. The summed E-state index contributed by atoms with van der Waals surface area (Å²) in [4.78, 5) is 25.5. The van der Waals surface area contributed by atoms with Crippen molar-refractivity contribution in [3.8, 4) is 5.75 Å². The molecule has 0 saturated carbocycles. The molecule has 0 aliphatic carbocycles. The van der Waals surface area contributed by atoms with E-state index in [1.54, 1.807) is 30.3 Å². The van der Waals surface area contributed by atoms with E-state index in [9.17, 15) is 9.59 Å². The molecule has 0 bridgehead atoms. The molecule has 6 heteroatoms. The Morgan fingerprint density at radius 3 is 2.69 bits per heavy atom. The molecular weight excluding hydrogens is 352 g/mol. The van der Waals surface area contributed by atoms with Crippen molar-refractivity contribution in [2.45, 2.75) is 12.8 Å². The first-order chi connectivity index (χ1) is 12.5. The minimum atomic E-state index is -0.422. The van der Waals surface area contributed by atoms with Crippen LogP contribution in [0.5, 0.6) is 5.75 Å². The van der Waals surface area contributed by atoms with E-state index in [0.29, 0.717) is 28.8 Å². The van der Waals surface area contributed by atoms with Crippen LogP contribution in [0, 0.1) is 5.92 Å². The molecule has 2 aromatic rings. The lowest BCUT2D eigenvalue weighted by Gasteiger charge is -2.17.